The maximum absolute atomic E-state index is 12.2. The number of rotatable bonds is 6. The number of nitrogens with one attached hydrogen (secondary N) is 1. The number of fused-ring (bicyclic) bond motifs is 1. The van der Waals surface area contributed by atoms with E-state index in [2.05, 4.69) is 20.5 Å². The van der Waals surface area contributed by atoms with Gasteiger partial charge < -0.3 is 14.5 Å². The Kier molecular flexibility index (Phi) is 5.03. The number of carbonyl (C=O) groups excluding carboxylic acids is 1. The summed E-state index contributed by atoms with van der Waals surface area (Å²) >= 11 is 2.61. The minimum atomic E-state index is -0.180. The van der Waals surface area contributed by atoms with Crippen LogP contribution < -0.4 is 10.1 Å². The number of thioether (sulfide) groups is 1. The van der Waals surface area contributed by atoms with E-state index in [1.807, 2.05) is 48.5 Å². The lowest BCUT2D eigenvalue weighted by Gasteiger charge is -2.00. The van der Waals surface area contributed by atoms with E-state index in [4.69, 9.17) is 9.15 Å². The molecule has 0 spiro atoms. The quantitative estimate of drug-likeness (QED) is 0.489. The van der Waals surface area contributed by atoms with E-state index in [1.165, 1.54) is 23.1 Å². The van der Waals surface area contributed by atoms with Crippen molar-refractivity contribution in [1.82, 2.24) is 15.2 Å². The van der Waals surface area contributed by atoms with Gasteiger partial charge >= 0.3 is 0 Å². The summed E-state index contributed by atoms with van der Waals surface area (Å²) < 4.78 is 11.8. The highest BCUT2D eigenvalue weighted by Crippen LogP contribution is 2.27. The molecule has 27 heavy (non-hydrogen) atoms. The van der Waals surface area contributed by atoms with Gasteiger partial charge in [0.1, 0.15) is 5.75 Å². The van der Waals surface area contributed by atoms with E-state index in [1.54, 1.807) is 7.11 Å². The molecule has 136 valence electrons. The Bertz CT molecular complexity index is 1060. The first-order valence-electron chi connectivity index (χ1n) is 7.97. The van der Waals surface area contributed by atoms with Crippen molar-refractivity contribution in [3.05, 3.63) is 48.5 Å². The second-order valence-corrected chi connectivity index (χ2v) is 7.39. The van der Waals surface area contributed by atoms with E-state index >= 15 is 0 Å². The maximum atomic E-state index is 12.2. The number of thiazole rings is 1. The SMILES string of the molecule is COc1cccc(-c2nnc(SCC(=O)Nc3nc4ccccc4s3)o2)c1. The minimum Gasteiger partial charge on any atom is -0.497 e. The van der Waals surface area contributed by atoms with Crippen molar-refractivity contribution >= 4 is 44.4 Å². The highest BCUT2D eigenvalue weighted by molar-refractivity contribution is 7.99. The summed E-state index contributed by atoms with van der Waals surface area (Å²) in [7, 11) is 1.60. The van der Waals surface area contributed by atoms with Gasteiger partial charge in [-0.1, -0.05) is 41.3 Å². The van der Waals surface area contributed by atoms with Crippen molar-refractivity contribution in [2.24, 2.45) is 0 Å². The third kappa shape index (κ3) is 4.09. The van der Waals surface area contributed by atoms with Crippen molar-refractivity contribution in [2.75, 3.05) is 18.2 Å². The number of hydrogen-bond donors (Lipinski definition) is 1. The van der Waals surface area contributed by atoms with Crippen LogP contribution in [0.4, 0.5) is 5.13 Å². The van der Waals surface area contributed by atoms with E-state index in [-0.39, 0.29) is 11.7 Å². The zero-order valence-electron chi connectivity index (χ0n) is 14.2. The number of anilines is 1. The van der Waals surface area contributed by atoms with Crippen molar-refractivity contribution < 1.29 is 13.9 Å². The average molecular weight is 398 g/mol. The molecular weight excluding hydrogens is 384 g/mol. The lowest BCUT2D eigenvalue weighted by atomic mass is 10.2. The van der Waals surface area contributed by atoms with Crippen LogP contribution in [0.3, 0.4) is 0 Å². The second-order valence-electron chi connectivity index (χ2n) is 5.43. The summed E-state index contributed by atoms with van der Waals surface area (Å²) in [4.78, 5) is 16.5. The topological polar surface area (TPSA) is 90.1 Å². The van der Waals surface area contributed by atoms with Crippen LogP contribution in [0, 0.1) is 0 Å². The molecule has 0 saturated carbocycles. The Hall–Kier alpha value is -2.91. The van der Waals surface area contributed by atoms with Gasteiger partial charge in [0.15, 0.2) is 5.13 Å². The van der Waals surface area contributed by atoms with E-state index in [0.29, 0.717) is 22.0 Å². The molecule has 1 N–H and O–H groups in total. The van der Waals surface area contributed by atoms with Gasteiger partial charge in [-0.15, -0.1) is 10.2 Å². The molecule has 0 aliphatic rings. The second kappa shape index (κ2) is 7.77. The van der Waals surface area contributed by atoms with Gasteiger partial charge in [-0.2, -0.15) is 0 Å². The predicted molar refractivity (Wildman–Crippen MR) is 105 cm³/mol. The van der Waals surface area contributed by atoms with Crippen molar-refractivity contribution in [1.29, 1.82) is 0 Å². The molecule has 0 aliphatic heterocycles. The first-order valence-corrected chi connectivity index (χ1v) is 9.77. The molecule has 2 aromatic heterocycles. The Morgan fingerprint density at radius 3 is 2.96 bits per heavy atom. The molecule has 0 saturated heterocycles. The van der Waals surface area contributed by atoms with Crippen LogP contribution in [0.5, 0.6) is 5.75 Å². The molecule has 0 unspecified atom stereocenters. The highest BCUT2D eigenvalue weighted by Gasteiger charge is 2.13. The molecule has 0 bridgehead atoms. The zero-order chi connectivity index (χ0) is 18.6. The summed E-state index contributed by atoms with van der Waals surface area (Å²) in [5, 5.41) is 11.7. The zero-order valence-corrected chi connectivity index (χ0v) is 15.8. The van der Waals surface area contributed by atoms with Crippen LogP contribution in [0.15, 0.2) is 58.2 Å². The fourth-order valence-corrected chi connectivity index (χ4v) is 3.79. The monoisotopic (exact) mass is 398 g/mol. The largest absolute Gasteiger partial charge is 0.497 e. The van der Waals surface area contributed by atoms with Gasteiger partial charge in [-0.3, -0.25) is 4.79 Å². The Balaban J connectivity index is 1.37. The average Bonchev–Trinajstić information content (AvgIpc) is 3.33. The number of benzene rings is 2. The lowest BCUT2D eigenvalue weighted by molar-refractivity contribution is -0.113. The van der Waals surface area contributed by atoms with Crippen molar-refractivity contribution in [3.63, 3.8) is 0 Å². The summed E-state index contributed by atoms with van der Waals surface area (Å²) in [5.74, 6) is 1.05. The van der Waals surface area contributed by atoms with Gasteiger partial charge in [0.25, 0.3) is 5.22 Å². The first-order chi connectivity index (χ1) is 13.2. The molecule has 2 heterocycles. The molecule has 9 heteroatoms. The predicted octanol–water partition coefficient (Wildman–Crippen LogP) is 4.09. The smallest absolute Gasteiger partial charge is 0.277 e. The molecule has 4 rings (SSSR count). The molecule has 0 atom stereocenters. The van der Waals surface area contributed by atoms with Gasteiger partial charge in [-0.05, 0) is 30.3 Å². The van der Waals surface area contributed by atoms with Gasteiger partial charge in [-0.25, -0.2) is 4.98 Å². The van der Waals surface area contributed by atoms with Crippen LogP contribution in [-0.2, 0) is 4.79 Å². The third-order valence-corrected chi connectivity index (χ3v) is 5.36. The standard InChI is InChI=1S/C18H14N4O3S2/c1-24-12-6-4-5-11(9-12)16-21-22-18(25-16)26-10-15(23)20-17-19-13-7-2-3-8-14(13)27-17/h2-9H,10H2,1H3,(H,19,20,23). The van der Waals surface area contributed by atoms with Gasteiger partial charge in [0.05, 0.1) is 23.1 Å². The van der Waals surface area contributed by atoms with E-state index in [9.17, 15) is 4.79 Å². The summed E-state index contributed by atoms with van der Waals surface area (Å²) in [6, 6.07) is 15.1. The number of para-hydroxylation sites is 1. The van der Waals surface area contributed by atoms with Crippen LogP contribution in [0.25, 0.3) is 21.7 Å². The van der Waals surface area contributed by atoms with Crippen LogP contribution in [-0.4, -0.2) is 34.0 Å². The first kappa shape index (κ1) is 17.5. The fourth-order valence-electron chi connectivity index (χ4n) is 2.35. The Morgan fingerprint density at radius 2 is 2.11 bits per heavy atom. The minimum absolute atomic E-state index is 0.148. The maximum Gasteiger partial charge on any atom is 0.277 e. The molecule has 0 fully saturated rings. The number of carbonyl (C=O) groups is 1. The number of methoxy groups -OCH3 is 1. The summed E-state index contributed by atoms with van der Waals surface area (Å²) in [5.41, 5.74) is 1.62. The van der Waals surface area contributed by atoms with Gasteiger partial charge in [0.2, 0.25) is 11.8 Å². The van der Waals surface area contributed by atoms with E-state index in [0.717, 1.165) is 15.8 Å². The number of amides is 1. The molecule has 2 aromatic carbocycles. The normalized spacial score (nSPS) is 10.9. The Morgan fingerprint density at radius 1 is 1.22 bits per heavy atom. The van der Waals surface area contributed by atoms with Crippen LogP contribution in [0.1, 0.15) is 0 Å². The van der Waals surface area contributed by atoms with Gasteiger partial charge in [0, 0.05) is 5.56 Å². The third-order valence-electron chi connectivity index (χ3n) is 3.59. The Labute approximate surface area is 162 Å². The summed E-state index contributed by atoms with van der Waals surface area (Å²) in [6.07, 6.45) is 0. The fraction of sp³-hybridized carbons (Fsp3) is 0.111. The van der Waals surface area contributed by atoms with Crippen molar-refractivity contribution in [3.8, 4) is 17.2 Å². The summed E-state index contributed by atoms with van der Waals surface area (Å²) in [6.45, 7) is 0. The number of hydrogen-bond acceptors (Lipinski definition) is 8. The highest BCUT2D eigenvalue weighted by atomic mass is 32.2. The molecular formula is C18H14N4O3S2. The molecule has 0 radical (unpaired) electrons. The molecule has 0 aliphatic carbocycles. The molecule has 1 amide bonds. The number of nitrogens with zero attached hydrogens (tertiary/aromatic N) is 3. The van der Waals surface area contributed by atoms with Crippen molar-refractivity contribution in [2.45, 2.75) is 5.22 Å². The lowest BCUT2D eigenvalue weighted by Crippen LogP contribution is -2.13. The van der Waals surface area contributed by atoms with Crippen LogP contribution >= 0.6 is 23.1 Å². The van der Waals surface area contributed by atoms with E-state index < -0.39 is 0 Å². The molecule has 7 nitrogen and oxygen atoms in total. The number of aromatic nitrogens is 3. The van der Waals surface area contributed by atoms with Crippen LogP contribution in [0.2, 0.25) is 0 Å². The molecule has 4 aromatic rings. The number of ether oxygens (including phenoxy) is 1.